The van der Waals surface area contributed by atoms with E-state index in [2.05, 4.69) is 10.6 Å². The molecule has 0 unspecified atom stereocenters. The number of rotatable bonds is 7. The number of hydrogen-bond donors (Lipinski definition) is 2. The minimum atomic E-state index is -4.24. The molecule has 0 aliphatic carbocycles. The summed E-state index contributed by atoms with van der Waals surface area (Å²) in [6, 6.07) is 16.9. The smallest absolute Gasteiger partial charge is 0.341 e. The molecule has 3 rings (SSSR count). The molecule has 0 heterocycles. The molecule has 0 fully saturated rings. The number of carbonyl (C=O) groups is 2. The van der Waals surface area contributed by atoms with Crippen LogP contribution in [0.5, 0.6) is 5.75 Å². The van der Waals surface area contributed by atoms with Crippen molar-refractivity contribution >= 4 is 33.5 Å². The lowest BCUT2D eigenvalue weighted by Crippen LogP contribution is -2.20. The first-order valence-electron chi connectivity index (χ1n) is 10.1. The highest BCUT2D eigenvalue weighted by atomic mass is 32.2. The quantitative estimate of drug-likeness (QED) is 0.382. The van der Waals surface area contributed by atoms with Crippen LogP contribution in [0.25, 0.3) is 0 Å². The lowest BCUT2D eigenvalue weighted by Gasteiger charge is -2.13. The van der Waals surface area contributed by atoms with Gasteiger partial charge in [-0.1, -0.05) is 31.2 Å². The van der Waals surface area contributed by atoms with Crippen LogP contribution >= 0.6 is 0 Å². The number of nitrogens with one attached hydrogen (secondary N) is 2. The van der Waals surface area contributed by atoms with Crippen molar-refractivity contribution in [1.29, 1.82) is 0 Å². The highest BCUT2D eigenvalue weighted by Crippen LogP contribution is 2.28. The van der Waals surface area contributed by atoms with Crippen LogP contribution in [0.4, 0.5) is 16.2 Å². The number of benzene rings is 3. The van der Waals surface area contributed by atoms with E-state index >= 15 is 0 Å². The van der Waals surface area contributed by atoms with Gasteiger partial charge in [0.05, 0.1) is 7.11 Å². The molecule has 0 bridgehead atoms. The Kier molecular flexibility index (Phi) is 7.34. The van der Waals surface area contributed by atoms with Gasteiger partial charge in [0, 0.05) is 17.4 Å². The molecular formula is C24H24N2O6S. The van der Waals surface area contributed by atoms with Crippen LogP contribution in [0.3, 0.4) is 0 Å². The lowest BCUT2D eigenvalue weighted by molar-refractivity contribution is 0.0599. The number of aryl methyl sites for hydroxylation is 2. The fraction of sp³-hybridized carbons (Fsp3) is 0.167. The number of esters is 1. The zero-order chi connectivity index (χ0) is 24.0. The Morgan fingerprint density at radius 1 is 0.909 bits per heavy atom. The van der Waals surface area contributed by atoms with Crippen LogP contribution in [0, 0.1) is 6.92 Å². The largest absolute Gasteiger partial charge is 0.465 e. The van der Waals surface area contributed by atoms with Gasteiger partial charge in [-0.2, -0.15) is 8.42 Å². The van der Waals surface area contributed by atoms with E-state index in [1.165, 1.54) is 37.4 Å². The lowest BCUT2D eigenvalue weighted by atomic mass is 10.2. The molecule has 0 aliphatic rings. The first kappa shape index (κ1) is 23.8. The number of anilines is 2. The first-order valence-corrected chi connectivity index (χ1v) is 11.5. The maximum absolute atomic E-state index is 12.8. The molecule has 172 valence electrons. The van der Waals surface area contributed by atoms with E-state index < -0.39 is 22.1 Å². The van der Waals surface area contributed by atoms with Gasteiger partial charge < -0.3 is 19.6 Å². The zero-order valence-electron chi connectivity index (χ0n) is 18.4. The molecule has 2 N–H and O–H groups in total. The van der Waals surface area contributed by atoms with E-state index in [-0.39, 0.29) is 21.9 Å². The van der Waals surface area contributed by atoms with Crippen molar-refractivity contribution in [1.82, 2.24) is 0 Å². The average Bonchev–Trinajstić information content (AvgIpc) is 2.78. The molecular weight excluding hydrogens is 444 g/mol. The van der Waals surface area contributed by atoms with Crippen molar-refractivity contribution < 1.29 is 26.9 Å². The van der Waals surface area contributed by atoms with Crippen LogP contribution in [0.15, 0.2) is 71.6 Å². The third-order valence-electron chi connectivity index (χ3n) is 4.74. The molecule has 33 heavy (non-hydrogen) atoms. The van der Waals surface area contributed by atoms with Gasteiger partial charge in [-0.3, -0.25) is 0 Å². The maximum Gasteiger partial charge on any atom is 0.341 e. The highest BCUT2D eigenvalue weighted by Gasteiger charge is 2.22. The SMILES string of the molecule is CCc1ccc(S(=O)(=O)Oc2cc(NC(=O)Nc3cccc(C)c3)ccc2C(=O)OC)cc1. The van der Waals surface area contributed by atoms with Gasteiger partial charge in [0.25, 0.3) is 0 Å². The summed E-state index contributed by atoms with van der Waals surface area (Å²) in [6.07, 6.45) is 0.756. The maximum atomic E-state index is 12.8. The number of methoxy groups -OCH3 is 1. The summed E-state index contributed by atoms with van der Waals surface area (Å²) in [7, 11) is -3.07. The van der Waals surface area contributed by atoms with Crippen molar-refractivity contribution in [3.8, 4) is 5.75 Å². The molecule has 9 heteroatoms. The minimum absolute atomic E-state index is 0.0638. The average molecular weight is 469 g/mol. The van der Waals surface area contributed by atoms with E-state index in [0.717, 1.165) is 17.5 Å². The first-order chi connectivity index (χ1) is 15.7. The summed E-state index contributed by atoms with van der Waals surface area (Å²) in [6.45, 7) is 3.85. The Morgan fingerprint density at radius 3 is 2.18 bits per heavy atom. The molecule has 0 atom stereocenters. The zero-order valence-corrected chi connectivity index (χ0v) is 19.2. The second kappa shape index (κ2) is 10.2. The Labute approximate surface area is 192 Å². The Balaban J connectivity index is 1.86. The third-order valence-corrected chi connectivity index (χ3v) is 5.99. The van der Waals surface area contributed by atoms with Crippen molar-refractivity contribution in [2.75, 3.05) is 17.7 Å². The Morgan fingerprint density at radius 2 is 1.58 bits per heavy atom. The molecule has 2 amide bonds. The minimum Gasteiger partial charge on any atom is -0.465 e. The second-order valence-electron chi connectivity index (χ2n) is 7.19. The predicted molar refractivity (Wildman–Crippen MR) is 125 cm³/mol. The number of amides is 2. The standard InChI is InChI=1S/C24H24N2O6S/c1-4-17-8-11-20(12-9-17)33(29,30)32-22-15-19(10-13-21(22)23(27)31-3)26-24(28)25-18-7-5-6-16(2)14-18/h5-15H,4H2,1-3H3,(H2,25,26,28). The fourth-order valence-electron chi connectivity index (χ4n) is 3.02. The molecule has 0 saturated carbocycles. The summed E-state index contributed by atoms with van der Waals surface area (Å²) in [4.78, 5) is 24.5. The van der Waals surface area contributed by atoms with Crippen LogP contribution in [0.2, 0.25) is 0 Å². The molecule has 0 spiro atoms. The predicted octanol–water partition coefficient (Wildman–Crippen LogP) is 4.76. The number of hydrogen-bond acceptors (Lipinski definition) is 6. The molecule has 8 nitrogen and oxygen atoms in total. The second-order valence-corrected chi connectivity index (χ2v) is 8.73. The van der Waals surface area contributed by atoms with Gasteiger partial charge in [0.15, 0.2) is 5.75 Å². The van der Waals surface area contributed by atoms with Crippen molar-refractivity contribution in [3.63, 3.8) is 0 Å². The molecule has 3 aromatic rings. The van der Waals surface area contributed by atoms with Crippen molar-refractivity contribution in [2.24, 2.45) is 0 Å². The van der Waals surface area contributed by atoms with Crippen molar-refractivity contribution in [3.05, 3.63) is 83.4 Å². The van der Waals surface area contributed by atoms with Crippen LogP contribution in [0.1, 0.15) is 28.4 Å². The van der Waals surface area contributed by atoms with E-state index in [0.29, 0.717) is 5.69 Å². The normalized spacial score (nSPS) is 10.9. The summed E-state index contributed by atoms with van der Waals surface area (Å²) in [5, 5.41) is 5.28. The van der Waals surface area contributed by atoms with Crippen LogP contribution < -0.4 is 14.8 Å². The number of carbonyl (C=O) groups excluding carboxylic acids is 2. The van der Waals surface area contributed by atoms with Gasteiger partial charge in [-0.15, -0.1) is 0 Å². The van der Waals surface area contributed by atoms with Crippen LogP contribution in [-0.4, -0.2) is 27.5 Å². The van der Waals surface area contributed by atoms with Gasteiger partial charge >= 0.3 is 22.1 Å². The van der Waals surface area contributed by atoms with E-state index in [9.17, 15) is 18.0 Å². The molecule has 0 aromatic heterocycles. The van der Waals surface area contributed by atoms with Crippen LogP contribution in [-0.2, 0) is 21.3 Å². The topological polar surface area (TPSA) is 111 Å². The molecule has 0 aliphatic heterocycles. The molecule has 0 saturated heterocycles. The summed E-state index contributed by atoms with van der Waals surface area (Å²) >= 11 is 0. The fourth-order valence-corrected chi connectivity index (χ4v) is 3.96. The van der Waals surface area contributed by atoms with E-state index in [1.807, 2.05) is 19.9 Å². The highest BCUT2D eigenvalue weighted by molar-refractivity contribution is 7.87. The number of urea groups is 1. The molecule has 0 radical (unpaired) electrons. The van der Waals surface area contributed by atoms with E-state index in [4.69, 9.17) is 8.92 Å². The van der Waals surface area contributed by atoms with Gasteiger partial charge in [0.1, 0.15) is 10.5 Å². The Bertz CT molecular complexity index is 1270. The Hall–Kier alpha value is -3.85. The van der Waals surface area contributed by atoms with Gasteiger partial charge in [-0.05, 0) is 60.9 Å². The summed E-state index contributed by atoms with van der Waals surface area (Å²) < 4.78 is 35.6. The molecule has 3 aromatic carbocycles. The van der Waals surface area contributed by atoms with E-state index in [1.54, 1.807) is 30.3 Å². The van der Waals surface area contributed by atoms with Gasteiger partial charge in [-0.25, -0.2) is 9.59 Å². The summed E-state index contributed by atoms with van der Waals surface area (Å²) in [5.41, 5.74) is 2.65. The third kappa shape index (κ3) is 6.11. The monoisotopic (exact) mass is 468 g/mol. The number of ether oxygens (including phenoxy) is 1. The van der Waals surface area contributed by atoms with Gasteiger partial charge in [0.2, 0.25) is 0 Å². The summed E-state index contributed by atoms with van der Waals surface area (Å²) in [5.74, 6) is -1.05. The van der Waals surface area contributed by atoms with Crippen molar-refractivity contribution in [2.45, 2.75) is 25.2 Å².